The summed E-state index contributed by atoms with van der Waals surface area (Å²) in [6, 6.07) is -0.944. The van der Waals surface area contributed by atoms with Crippen LogP contribution in [-0.2, 0) is 0 Å². The number of carbonyl (C=O) groups is 4. The lowest BCUT2D eigenvalue weighted by Crippen LogP contribution is -2.48. The summed E-state index contributed by atoms with van der Waals surface area (Å²) in [4.78, 5) is 45.9. The quantitative estimate of drug-likeness (QED) is 0.373. The molecule has 0 saturated carbocycles. The van der Waals surface area contributed by atoms with Gasteiger partial charge in [-0.25, -0.2) is 24.1 Å². The molecule has 0 aromatic heterocycles. The molecule has 0 bridgehead atoms. The van der Waals surface area contributed by atoms with Crippen molar-refractivity contribution in [3.05, 3.63) is 0 Å². The van der Waals surface area contributed by atoms with E-state index in [0.717, 1.165) is 9.80 Å². The fourth-order valence-electron chi connectivity index (χ4n) is 2.10. The van der Waals surface area contributed by atoms with E-state index in [-0.39, 0.29) is 44.0 Å². The molecule has 144 valence electrons. The average Bonchev–Trinajstić information content (AvgIpc) is 2.50. The van der Waals surface area contributed by atoms with E-state index < -0.39 is 37.0 Å². The van der Waals surface area contributed by atoms with E-state index in [2.05, 4.69) is 0 Å². The standard InChI is InChI=1S/C13H23N3O9/c1-9(8-16(12(22)23)13(24)25)15(11(20)21)6-2-4-14(10(18)19)5-3-7-17/h9,17H,2-8H2,1H3,(H,18,19)(H,20,21)(H,22,23)(H,24,25). The molecule has 4 amide bonds. The molecule has 0 aliphatic carbocycles. The predicted molar refractivity (Wildman–Crippen MR) is 82.9 cm³/mol. The summed E-state index contributed by atoms with van der Waals surface area (Å²) >= 11 is 0. The summed E-state index contributed by atoms with van der Waals surface area (Å²) in [5.41, 5.74) is 0. The summed E-state index contributed by atoms with van der Waals surface area (Å²) in [7, 11) is 0. The number of hydrogen-bond acceptors (Lipinski definition) is 5. The average molecular weight is 365 g/mol. The van der Waals surface area contributed by atoms with Crippen LogP contribution >= 0.6 is 0 Å². The molecule has 0 spiro atoms. The first-order chi connectivity index (χ1) is 11.6. The first-order valence-electron chi connectivity index (χ1n) is 7.43. The molecule has 0 aliphatic heterocycles. The Morgan fingerprint density at radius 2 is 1.32 bits per heavy atom. The van der Waals surface area contributed by atoms with Crippen molar-refractivity contribution in [1.82, 2.24) is 14.7 Å². The van der Waals surface area contributed by atoms with Crippen molar-refractivity contribution in [2.24, 2.45) is 0 Å². The highest BCUT2D eigenvalue weighted by Crippen LogP contribution is 2.06. The minimum atomic E-state index is -1.72. The zero-order chi connectivity index (χ0) is 19.6. The van der Waals surface area contributed by atoms with E-state index in [1.807, 2.05) is 0 Å². The Kier molecular flexibility index (Phi) is 9.71. The molecule has 0 aliphatic rings. The van der Waals surface area contributed by atoms with Gasteiger partial charge in [-0.3, -0.25) is 0 Å². The molecule has 0 saturated heterocycles. The zero-order valence-electron chi connectivity index (χ0n) is 13.7. The van der Waals surface area contributed by atoms with E-state index in [1.54, 1.807) is 0 Å². The van der Waals surface area contributed by atoms with E-state index in [1.165, 1.54) is 6.92 Å². The lowest BCUT2D eigenvalue weighted by molar-refractivity contribution is 0.0920. The Hall–Kier alpha value is -2.76. The SMILES string of the molecule is CC(CN(C(=O)O)C(=O)O)N(CCCN(CCCO)C(=O)O)C(=O)O. The van der Waals surface area contributed by atoms with Gasteiger partial charge in [-0.2, -0.15) is 0 Å². The maximum absolute atomic E-state index is 11.3. The Morgan fingerprint density at radius 1 is 0.800 bits per heavy atom. The second-order valence-electron chi connectivity index (χ2n) is 5.20. The van der Waals surface area contributed by atoms with Crippen LogP contribution in [-0.4, -0.2) is 103 Å². The molecule has 0 fully saturated rings. The minimum absolute atomic E-state index is 0.0212. The number of carboxylic acid groups (broad SMARTS) is 4. The molecule has 1 unspecified atom stereocenters. The van der Waals surface area contributed by atoms with Crippen molar-refractivity contribution in [3.63, 3.8) is 0 Å². The van der Waals surface area contributed by atoms with Crippen molar-refractivity contribution >= 4 is 24.4 Å². The summed E-state index contributed by atoms with van der Waals surface area (Å²) in [5, 5.41) is 44.5. The molecule has 12 nitrogen and oxygen atoms in total. The van der Waals surface area contributed by atoms with Crippen LogP contribution in [0.2, 0.25) is 0 Å². The smallest absolute Gasteiger partial charge is 0.416 e. The van der Waals surface area contributed by atoms with E-state index in [9.17, 15) is 24.3 Å². The number of nitrogens with zero attached hydrogens (tertiary/aromatic N) is 3. The molecule has 0 radical (unpaired) electrons. The Labute approximate surface area is 143 Å². The fraction of sp³-hybridized carbons (Fsp3) is 0.692. The highest BCUT2D eigenvalue weighted by atomic mass is 16.4. The third kappa shape index (κ3) is 8.06. The van der Waals surface area contributed by atoms with Gasteiger partial charge in [0.05, 0.1) is 12.6 Å². The summed E-state index contributed by atoms with van der Waals surface area (Å²) in [6.07, 6.45) is -5.63. The molecule has 0 heterocycles. The van der Waals surface area contributed by atoms with Crippen molar-refractivity contribution in [2.45, 2.75) is 25.8 Å². The van der Waals surface area contributed by atoms with E-state index >= 15 is 0 Å². The van der Waals surface area contributed by atoms with Crippen LogP contribution in [0.5, 0.6) is 0 Å². The third-order valence-corrected chi connectivity index (χ3v) is 3.37. The van der Waals surface area contributed by atoms with Gasteiger partial charge in [0.2, 0.25) is 0 Å². The Balaban J connectivity index is 4.73. The minimum Gasteiger partial charge on any atom is -0.465 e. The molecular formula is C13H23N3O9. The first-order valence-corrected chi connectivity index (χ1v) is 7.43. The number of rotatable bonds is 10. The Bertz CT molecular complexity index is 471. The van der Waals surface area contributed by atoms with Crippen LogP contribution in [0.15, 0.2) is 0 Å². The van der Waals surface area contributed by atoms with E-state index in [4.69, 9.17) is 20.4 Å². The van der Waals surface area contributed by atoms with Crippen LogP contribution in [0.25, 0.3) is 0 Å². The molecule has 12 heteroatoms. The summed E-state index contributed by atoms with van der Waals surface area (Å²) in [5.74, 6) is 0. The van der Waals surface area contributed by atoms with Crippen molar-refractivity contribution in [3.8, 4) is 0 Å². The highest BCUT2D eigenvalue weighted by molar-refractivity contribution is 5.85. The van der Waals surface area contributed by atoms with Crippen molar-refractivity contribution in [2.75, 3.05) is 32.8 Å². The lowest BCUT2D eigenvalue weighted by Gasteiger charge is -2.29. The molecular weight excluding hydrogens is 342 g/mol. The molecule has 5 N–H and O–H groups in total. The number of hydrogen-bond donors (Lipinski definition) is 5. The Morgan fingerprint density at radius 3 is 1.72 bits per heavy atom. The second kappa shape index (κ2) is 10.9. The van der Waals surface area contributed by atoms with Crippen LogP contribution in [0, 0.1) is 0 Å². The number of aliphatic hydroxyl groups excluding tert-OH is 1. The van der Waals surface area contributed by atoms with Crippen LogP contribution in [0.1, 0.15) is 19.8 Å². The maximum Gasteiger partial charge on any atom is 0.416 e. The van der Waals surface area contributed by atoms with Crippen molar-refractivity contribution in [1.29, 1.82) is 0 Å². The lowest BCUT2D eigenvalue weighted by atomic mass is 10.2. The molecule has 1 atom stereocenters. The molecule has 0 aromatic carbocycles. The number of amides is 4. The maximum atomic E-state index is 11.3. The van der Waals surface area contributed by atoms with Gasteiger partial charge in [0.15, 0.2) is 0 Å². The summed E-state index contributed by atoms with van der Waals surface area (Å²) < 4.78 is 0. The molecule has 25 heavy (non-hydrogen) atoms. The van der Waals surface area contributed by atoms with Crippen LogP contribution < -0.4 is 0 Å². The van der Waals surface area contributed by atoms with Gasteiger partial charge in [0.25, 0.3) is 0 Å². The van der Waals surface area contributed by atoms with E-state index in [0.29, 0.717) is 0 Å². The fourth-order valence-corrected chi connectivity index (χ4v) is 2.10. The normalized spacial score (nSPS) is 11.4. The van der Waals surface area contributed by atoms with Crippen LogP contribution in [0.4, 0.5) is 19.2 Å². The van der Waals surface area contributed by atoms with Gasteiger partial charge >= 0.3 is 24.4 Å². The van der Waals surface area contributed by atoms with Gasteiger partial charge < -0.3 is 35.3 Å². The largest absolute Gasteiger partial charge is 0.465 e. The number of imide groups is 1. The second-order valence-corrected chi connectivity index (χ2v) is 5.20. The van der Waals surface area contributed by atoms with Gasteiger partial charge in [-0.05, 0) is 19.8 Å². The van der Waals surface area contributed by atoms with Gasteiger partial charge in [0.1, 0.15) is 0 Å². The third-order valence-electron chi connectivity index (χ3n) is 3.37. The predicted octanol–water partition coefficient (Wildman–Crippen LogP) is 0.765. The molecule has 0 aromatic rings. The van der Waals surface area contributed by atoms with Gasteiger partial charge in [-0.15, -0.1) is 0 Å². The zero-order valence-corrected chi connectivity index (χ0v) is 13.7. The van der Waals surface area contributed by atoms with Crippen LogP contribution in [0.3, 0.4) is 0 Å². The topological polar surface area (TPSA) is 179 Å². The van der Waals surface area contributed by atoms with Gasteiger partial charge in [-0.1, -0.05) is 0 Å². The molecule has 0 rings (SSSR count). The monoisotopic (exact) mass is 365 g/mol. The van der Waals surface area contributed by atoms with Gasteiger partial charge in [0, 0.05) is 26.2 Å². The first kappa shape index (κ1) is 22.2. The summed E-state index contributed by atoms with van der Waals surface area (Å²) in [6.45, 7) is 0.625. The van der Waals surface area contributed by atoms with Crippen molar-refractivity contribution < 1.29 is 44.7 Å². The highest BCUT2D eigenvalue weighted by Gasteiger charge is 2.27. The number of aliphatic hydroxyl groups is 1.